The van der Waals surface area contributed by atoms with Crippen molar-refractivity contribution in [3.05, 3.63) is 38.8 Å². The van der Waals surface area contributed by atoms with E-state index >= 15 is 0 Å². The number of hydrogen-bond acceptors (Lipinski definition) is 3. The van der Waals surface area contributed by atoms with Crippen LogP contribution >= 0.6 is 22.9 Å². The van der Waals surface area contributed by atoms with Gasteiger partial charge in [-0.3, -0.25) is 9.48 Å². The predicted molar refractivity (Wildman–Crippen MR) is 77.6 cm³/mol. The minimum Gasteiger partial charge on any atom is -0.347 e. The SMILES string of the molecule is Cc1cc(C)n(CC(=O)NC(C)c2ccc(Cl)s2)n1. The summed E-state index contributed by atoms with van der Waals surface area (Å²) in [6.07, 6.45) is 0. The normalized spacial score (nSPS) is 12.4. The Morgan fingerprint density at radius 2 is 2.26 bits per heavy atom. The van der Waals surface area contributed by atoms with E-state index in [4.69, 9.17) is 11.6 Å². The Morgan fingerprint density at radius 3 is 2.79 bits per heavy atom. The number of amides is 1. The number of nitrogens with one attached hydrogen (secondary N) is 1. The van der Waals surface area contributed by atoms with Crippen molar-refractivity contribution in [1.82, 2.24) is 15.1 Å². The van der Waals surface area contributed by atoms with Gasteiger partial charge >= 0.3 is 0 Å². The van der Waals surface area contributed by atoms with Crippen LogP contribution in [0.4, 0.5) is 0 Å². The minimum absolute atomic E-state index is 0.0398. The van der Waals surface area contributed by atoms with Crippen LogP contribution in [0.2, 0.25) is 4.34 Å². The van der Waals surface area contributed by atoms with Crippen LogP contribution in [0.1, 0.15) is 29.2 Å². The van der Waals surface area contributed by atoms with Crippen molar-refractivity contribution in [1.29, 1.82) is 0 Å². The van der Waals surface area contributed by atoms with Crippen LogP contribution in [0.15, 0.2) is 18.2 Å². The summed E-state index contributed by atoms with van der Waals surface area (Å²) in [6, 6.07) is 5.68. The number of thiophene rings is 1. The van der Waals surface area contributed by atoms with E-state index < -0.39 is 0 Å². The van der Waals surface area contributed by atoms with Gasteiger partial charge in [-0.05, 0) is 39.0 Å². The van der Waals surface area contributed by atoms with Crippen molar-refractivity contribution < 1.29 is 4.79 Å². The van der Waals surface area contributed by atoms with Gasteiger partial charge in [-0.25, -0.2) is 0 Å². The highest BCUT2D eigenvalue weighted by Gasteiger charge is 2.13. The highest BCUT2D eigenvalue weighted by atomic mass is 35.5. The Labute approximate surface area is 121 Å². The maximum absolute atomic E-state index is 12.0. The molecule has 1 unspecified atom stereocenters. The summed E-state index contributed by atoms with van der Waals surface area (Å²) < 4.78 is 2.44. The number of halogens is 1. The van der Waals surface area contributed by atoms with Crippen molar-refractivity contribution in [2.24, 2.45) is 0 Å². The van der Waals surface area contributed by atoms with Crippen LogP contribution in [0, 0.1) is 13.8 Å². The molecular weight excluding hydrogens is 282 g/mol. The molecule has 1 amide bonds. The average Bonchev–Trinajstić information content (AvgIpc) is 2.86. The van der Waals surface area contributed by atoms with Crippen LogP contribution in [-0.2, 0) is 11.3 Å². The van der Waals surface area contributed by atoms with Gasteiger partial charge < -0.3 is 5.32 Å². The van der Waals surface area contributed by atoms with E-state index in [0.717, 1.165) is 20.6 Å². The first kappa shape index (κ1) is 14.1. The quantitative estimate of drug-likeness (QED) is 0.942. The summed E-state index contributed by atoms with van der Waals surface area (Å²) in [7, 11) is 0. The van der Waals surface area contributed by atoms with Gasteiger partial charge in [0.2, 0.25) is 5.91 Å². The van der Waals surface area contributed by atoms with Gasteiger partial charge in [-0.2, -0.15) is 5.10 Å². The monoisotopic (exact) mass is 297 g/mol. The zero-order valence-corrected chi connectivity index (χ0v) is 12.7. The zero-order chi connectivity index (χ0) is 14.0. The molecule has 1 N–H and O–H groups in total. The molecule has 4 nitrogen and oxygen atoms in total. The molecule has 0 fully saturated rings. The third-order valence-electron chi connectivity index (χ3n) is 2.79. The highest BCUT2D eigenvalue weighted by molar-refractivity contribution is 7.16. The van der Waals surface area contributed by atoms with Gasteiger partial charge in [-0.15, -0.1) is 11.3 Å². The summed E-state index contributed by atoms with van der Waals surface area (Å²) in [5.74, 6) is -0.0526. The molecule has 2 rings (SSSR count). The molecule has 2 aromatic heterocycles. The fraction of sp³-hybridized carbons (Fsp3) is 0.385. The van der Waals surface area contributed by atoms with Gasteiger partial charge in [0.05, 0.1) is 16.1 Å². The van der Waals surface area contributed by atoms with E-state index in [2.05, 4.69) is 10.4 Å². The van der Waals surface area contributed by atoms with Crippen molar-refractivity contribution in [3.8, 4) is 0 Å². The molecule has 0 radical (unpaired) electrons. The van der Waals surface area contributed by atoms with Crippen LogP contribution in [0.3, 0.4) is 0 Å². The third kappa shape index (κ3) is 3.58. The topological polar surface area (TPSA) is 46.9 Å². The molecule has 19 heavy (non-hydrogen) atoms. The van der Waals surface area contributed by atoms with E-state index in [1.807, 2.05) is 39.0 Å². The molecule has 2 heterocycles. The molecule has 0 aliphatic rings. The van der Waals surface area contributed by atoms with Crippen LogP contribution in [0.25, 0.3) is 0 Å². The van der Waals surface area contributed by atoms with Crippen molar-refractivity contribution in [3.63, 3.8) is 0 Å². The maximum Gasteiger partial charge on any atom is 0.242 e. The van der Waals surface area contributed by atoms with Crippen LogP contribution in [0.5, 0.6) is 0 Å². The van der Waals surface area contributed by atoms with Gasteiger partial charge in [0.25, 0.3) is 0 Å². The Bertz CT molecular complexity index is 590. The number of carbonyl (C=O) groups excluding carboxylic acids is 1. The van der Waals surface area contributed by atoms with E-state index in [1.54, 1.807) is 4.68 Å². The molecular formula is C13H16ClN3OS. The minimum atomic E-state index is -0.0526. The molecule has 0 aromatic carbocycles. The number of hydrogen-bond donors (Lipinski definition) is 1. The molecule has 0 saturated carbocycles. The Kier molecular flexibility index (Phi) is 4.27. The van der Waals surface area contributed by atoms with E-state index in [0.29, 0.717) is 0 Å². The predicted octanol–water partition coefficient (Wildman–Crippen LogP) is 3.09. The first-order valence-corrected chi connectivity index (χ1v) is 7.21. The maximum atomic E-state index is 12.0. The molecule has 0 spiro atoms. The largest absolute Gasteiger partial charge is 0.347 e. The number of aromatic nitrogens is 2. The third-order valence-corrected chi connectivity index (χ3v) is 4.21. The first-order valence-electron chi connectivity index (χ1n) is 6.01. The van der Waals surface area contributed by atoms with Gasteiger partial charge in [-0.1, -0.05) is 11.6 Å². The molecule has 0 bridgehead atoms. The second-order valence-electron chi connectivity index (χ2n) is 4.52. The van der Waals surface area contributed by atoms with E-state index in [1.165, 1.54) is 11.3 Å². The average molecular weight is 298 g/mol. The van der Waals surface area contributed by atoms with Crippen LogP contribution in [-0.4, -0.2) is 15.7 Å². The fourth-order valence-electron chi connectivity index (χ4n) is 1.89. The lowest BCUT2D eigenvalue weighted by Gasteiger charge is -2.12. The van der Waals surface area contributed by atoms with E-state index in [9.17, 15) is 4.79 Å². The Hall–Kier alpha value is -1.33. The number of carbonyl (C=O) groups is 1. The lowest BCUT2D eigenvalue weighted by atomic mass is 10.3. The summed E-state index contributed by atoms with van der Waals surface area (Å²) in [5.41, 5.74) is 1.91. The fourth-order valence-corrected chi connectivity index (χ4v) is 2.95. The zero-order valence-electron chi connectivity index (χ0n) is 11.1. The molecule has 6 heteroatoms. The highest BCUT2D eigenvalue weighted by Crippen LogP contribution is 2.26. The Balaban J connectivity index is 1.96. The van der Waals surface area contributed by atoms with E-state index in [-0.39, 0.29) is 18.5 Å². The van der Waals surface area contributed by atoms with Gasteiger partial charge in [0.15, 0.2) is 0 Å². The van der Waals surface area contributed by atoms with Crippen molar-refractivity contribution in [2.75, 3.05) is 0 Å². The number of nitrogens with zero attached hydrogens (tertiary/aromatic N) is 2. The summed E-state index contributed by atoms with van der Waals surface area (Å²) in [5, 5.41) is 7.22. The second-order valence-corrected chi connectivity index (χ2v) is 6.26. The lowest BCUT2D eigenvalue weighted by Crippen LogP contribution is -2.30. The van der Waals surface area contributed by atoms with Crippen molar-refractivity contribution in [2.45, 2.75) is 33.4 Å². The lowest BCUT2D eigenvalue weighted by molar-refractivity contribution is -0.122. The summed E-state index contributed by atoms with van der Waals surface area (Å²) >= 11 is 7.37. The summed E-state index contributed by atoms with van der Waals surface area (Å²) in [6.45, 7) is 6.04. The van der Waals surface area contributed by atoms with Crippen molar-refractivity contribution >= 4 is 28.8 Å². The molecule has 0 aliphatic carbocycles. The van der Waals surface area contributed by atoms with Gasteiger partial charge in [0, 0.05) is 10.6 Å². The smallest absolute Gasteiger partial charge is 0.242 e. The number of rotatable bonds is 4. The van der Waals surface area contributed by atoms with Crippen LogP contribution < -0.4 is 5.32 Å². The molecule has 0 aliphatic heterocycles. The first-order chi connectivity index (χ1) is 8.95. The second kappa shape index (κ2) is 5.75. The standard InChI is InChI=1S/C13H16ClN3OS/c1-8-6-9(2)17(16-8)7-13(18)15-10(3)11-4-5-12(14)19-11/h4-6,10H,7H2,1-3H3,(H,15,18). The Morgan fingerprint density at radius 1 is 1.53 bits per heavy atom. The molecule has 2 aromatic rings. The molecule has 1 atom stereocenters. The molecule has 102 valence electrons. The number of aryl methyl sites for hydroxylation is 2. The summed E-state index contributed by atoms with van der Waals surface area (Å²) in [4.78, 5) is 13.0. The van der Waals surface area contributed by atoms with Gasteiger partial charge in [0.1, 0.15) is 6.54 Å². The molecule has 0 saturated heterocycles.